The topological polar surface area (TPSA) is 24.9 Å². The van der Waals surface area contributed by atoms with E-state index in [2.05, 4.69) is 48.4 Å². The molecule has 0 aliphatic carbocycles. The molecule has 1 N–H and O–H groups in total. The van der Waals surface area contributed by atoms with Crippen molar-refractivity contribution in [2.24, 2.45) is 0 Å². The molecule has 0 fully saturated rings. The maximum atomic E-state index is 4.04. The summed E-state index contributed by atoms with van der Waals surface area (Å²) in [4.78, 5) is 4.04. The van der Waals surface area contributed by atoms with E-state index in [1.807, 2.05) is 24.5 Å². The molecule has 2 heteroatoms. The highest BCUT2D eigenvalue weighted by Gasteiger charge is 2.04. The van der Waals surface area contributed by atoms with Gasteiger partial charge in [-0.2, -0.15) is 0 Å². The molecule has 1 unspecified atom stereocenters. The highest BCUT2D eigenvalue weighted by Crippen LogP contribution is 2.19. The van der Waals surface area contributed by atoms with Gasteiger partial charge in [-0.1, -0.05) is 25.5 Å². The van der Waals surface area contributed by atoms with Gasteiger partial charge in [0.2, 0.25) is 0 Å². The molecule has 0 aliphatic rings. The van der Waals surface area contributed by atoms with E-state index in [0.29, 0.717) is 6.04 Å². The molecule has 1 aromatic carbocycles. The molecule has 94 valence electrons. The molecular weight excluding hydrogens is 220 g/mol. The maximum Gasteiger partial charge on any atom is 0.0486 e. The van der Waals surface area contributed by atoms with Crippen LogP contribution in [0.2, 0.25) is 0 Å². The van der Waals surface area contributed by atoms with Gasteiger partial charge in [0.1, 0.15) is 0 Å². The standard InChI is InChI=1S/C16H20N2/c1-3-4-14-5-7-16(8-6-14)18-13(2)15-9-11-17-12-10-15/h5-13,18H,3-4H2,1-2H3. The summed E-state index contributed by atoms with van der Waals surface area (Å²) in [5.41, 5.74) is 3.82. The minimum Gasteiger partial charge on any atom is -0.379 e. The molecule has 2 nitrogen and oxygen atoms in total. The summed E-state index contributed by atoms with van der Waals surface area (Å²) in [7, 11) is 0. The molecule has 1 heterocycles. The summed E-state index contributed by atoms with van der Waals surface area (Å²) in [6.07, 6.45) is 6.01. The number of hydrogen-bond acceptors (Lipinski definition) is 2. The fourth-order valence-corrected chi connectivity index (χ4v) is 2.04. The van der Waals surface area contributed by atoms with Crippen LogP contribution in [0.5, 0.6) is 0 Å². The van der Waals surface area contributed by atoms with Gasteiger partial charge >= 0.3 is 0 Å². The number of aryl methyl sites for hydroxylation is 1. The summed E-state index contributed by atoms with van der Waals surface area (Å²) in [5.74, 6) is 0. The lowest BCUT2D eigenvalue weighted by molar-refractivity contribution is 0.879. The van der Waals surface area contributed by atoms with Crippen molar-refractivity contribution in [3.63, 3.8) is 0 Å². The summed E-state index contributed by atoms with van der Waals surface area (Å²) in [6.45, 7) is 4.37. The van der Waals surface area contributed by atoms with Gasteiger partial charge in [-0.15, -0.1) is 0 Å². The van der Waals surface area contributed by atoms with E-state index in [9.17, 15) is 0 Å². The van der Waals surface area contributed by atoms with Crippen molar-refractivity contribution >= 4 is 5.69 Å². The van der Waals surface area contributed by atoms with Gasteiger partial charge in [0.05, 0.1) is 0 Å². The van der Waals surface area contributed by atoms with Crippen molar-refractivity contribution in [2.75, 3.05) is 5.32 Å². The Bertz CT molecular complexity index is 462. The third kappa shape index (κ3) is 3.33. The van der Waals surface area contributed by atoms with Crippen LogP contribution in [0.3, 0.4) is 0 Å². The fourth-order valence-electron chi connectivity index (χ4n) is 2.04. The van der Waals surface area contributed by atoms with E-state index in [-0.39, 0.29) is 0 Å². The van der Waals surface area contributed by atoms with Gasteiger partial charge < -0.3 is 5.32 Å². The van der Waals surface area contributed by atoms with Crippen molar-refractivity contribution in [1.29, 1.82) is 0 Å². The largest absolute Gasteiger partial charge is 0.379 e. The first kappa shape index (κ1) is 12.6. The first-order valence-corrected chi connectivity index (χ1v) is 6.55. The number of hydrogen-bond donors (Lipinski definition) is 1. The van der Waals surface area contributed by atoms with Gasteiger partial charge in [0.25, 0.3) is 0 Å². The molecule has 0 bridgehead atoms. The number of nitrogens with zero attached hydrogens (tertiary/aromatic N) is 1. The molecule has 0 amide bonds. The van der Waals surface area contributed by atoms with E-state index in [0.717, 1.165) is 6.42 Å². The quantitative estimate of drug-likeness (QED) is 0.847. The number of rotatable bonds is 5. The van der Waals surface area contributed by atoms with Crippen LogP contribution in [0.15, 0.2) is 48.8 Å². The number of benzene rings is 1. The van der Waals surface area contributed by atoms with Gasteiger partial charge in [-0.25, -0.2) is 0 Å². The second-order valence-corrected chi connectivity index (χ2v) is 4.59. The SMILES string of the molecule is CCCc1ccc(NC(C)c2ccncc2)cc1. The summed E-state index contributed by atoms with van der Waals surface area (Å²) in [6, 6.07) is 13.1. The number of nitrogens with one attached hydrogen (secondary N) is 1. The Morgan fingerprint density at radius 3 is 2.33 bits per heavy atom. The zero-order valence-corrected chi connectivity index (χ0v) is 11.1. The first-order valence-electron chi connectivity index (χ1n) is 6.55. The molecule has 2 aromatic rings. The number of anilines is 1. The van der Waals surface area contributed by atoms with E-state index < -0.39 is 0 Å². The Hall–Kier alpha value is -1.83. The zero-order chi connectivity index (χ0) is 12.8. The van der Waals surface area contributed by atoms with Gasteiger partial charge in [-0.3, -0.25) is 4.98 Å². The van der Waals surface area contributed by atoms with Crippen LogP contribution in [-0.4, -0.2) is 4.98 Å². The van der Waals surface area contributed by atoms with E-state index in [4.69, 9.17) is 0 Å². The smallest absolute Gasteiger partial charge is 0.0486 e. The molecular formula is C16H20N2. The van der Waals surface area contributed by atoms with Crippen molar-refractivity contribution in [3.8, 4) is 0 Å². The highest BCUT2D eigenvalue weighted by molar-refractivity contribution is 5.46. The Balaban J connectivity index is 2.01. The third-order valence-electron chi connectivity index (χ3n) is 3.08. The predicted molar refractivity (Wildman–Crippen MR) is 76.7 cm³/mol. The van der Waals surface area contributed by atoms with Crippen LogP contribution in [0.25, 0.3) is 0 Å². The van der Waals surface area contributed by atoms with Crippen molar-refractivity contribution in [1.82, 2.24) is 4.98 Å². The minimum atomic E-state index is 0.296. The molecule has 0 saturated heterocycles. The maximum absolute atomic E-state index is 4.04. The van der Waals surface area contributed by atoms with Gasteiger partial charge in [0, 0.05) is 24.1 Å². The zero-order valence-electron chi connectivity index (χ0n) is 11.1. The predicted octanol–water partition coefficient (Wildman–Crippen LogP) is 4.21. The van der Waals surface area contributed by atoms with Crippen LogP contribution in [-0.2, 0) is 6.42 Å². The highest BCUT2D eigenvalue weighted by atomic mass is 14.9. The lowest BCUT2D eigenvalue weighted by Gasteiger charge is -2.15. The van der Waals surface area contributed by atoms with Crippen molar-refractivity contribution < 1.29 is 0 Å². The normalized spacial score (nSPS) is 12.1. The Kier molecular flexibility index (Phi) is 4.35. The van der Waals surface area contributed by atoms with Gasteiger partial charge in [-0.05, 0) is 48.7 Å². The molecule has 1 atom stereocenters. The first-order chi connectivity index (χ1) is 8.79. The van der Waals surface area contributed by atoms with E-state index in [1.165, 1.54) is 23.2 Å². The minimum absolute atomic E-state index is 0.296. The van der Waals surface area contributed by atoms with E-state index >= 15 is 0 Å². The summed E-state index contributed by atoms with van der Waals surface area (Å²) < 4.78 is 0. The Morgan fingerprint density at radius 1 is 1.06 bits per heavy atom. The van der Waals surface area contributed by atoms with Crippen molar-refractivity contribution in [3.05, 3.63) is 59.9 Å². The Labute approximate surface area is 109 Å². The molecule has 0 radical (unpaired) electrons. The van der Waals surface area contributed by atoms with Crippen LogP contribution >= 0.6 is 0 Å². The number of pyridine rings is 1. The molecule has 0 saturated carbocycles. The summed E-state index contributed by atoms with van der Waals surface area (Å²) >= 11 is 0. The van der Waals surface area contributed by atoms with Gasteiger partial charge in [0.15, 0.2) is 0 Å². The van der Waals surface area contributed by atoms with Crippen LogP contribution in [0.4, 0.5) is 5.69 Å². The second kappa shape index (κ2) is 6.20. The third-order valence-corrected chi connectivity index (χ3v) is 3.08. The molecule has 0 aliphatic heterocycles. The molecule has 1 aromatic heterocycles. The summed E-state index contributed by atoms with van der Waals surface area (Å²) in [5, 5.41) is 3.50. The average molecular weight is 240 g/mol. The molecule has 0 spiro atoms. The monoisotopic (exact) mass is 240 g/mol. The van der Waals surface area contributed by atoms with E-state index in [1.54, 1.807) is 0 Å². The average Bonchev–Trinajstić information content (AvgIpc) is 2.42. The lowest BCUT2D eigenvalue weighted by atomic mass is 10.1. The molecule has 18 heavy (non-hydrogen) atoms. The number of aromatic nitrogens is 1. The van der Waals surface area contributed by atoms with Crippen LogP contribution < -0.4 is 5.32 Å². The fraction of sp³-hybridized carbons (Fsp3) is 0.312. The van der Waals surface area contributed by atoms with Crippen molar-refractivity contribution in [2.45, 2.75) is 32.7 Å². The lowest BCUT2D eigenvalue weighted by Crippen LogP contribution is -2.06. The molecule has 2 rings (SSSR count). The van der Waals surface area contributed by atoms with Crippen LogP contribution in [0.1, 0.15) is 37.4 Å². The second-order valence-electron chi connectivity index (χ2n) is 4.59. The van der Waals surface area contributed by atoms with Crippen LogP contribution in [0, 0.1) is 0 Å². The Morgan fingerprint density at radius 2 is 1.72 bits per heavy atom.